The number of carbonyl (C=O) groups is 1. The van der Waals surface area contributed by atoms with Crippen LogP contribution >= 0.6 is 0 Å². The zero-order valence-corrected chi connectivity index (χ0v) is 16.5. The minimum atomic E-state index is -0.0354. The van der Waals surface area contributed by atoms with Crippen molar-refractivity contribution in [3.05, 3.63) is 46.8 Å². The molecule has 0 atom stereocenters. The van der Waals surface area contributed by atoms with Crippen LogP contribution in [0, 0.1) is 13.8 Å². The summed E-state index contributed by atoms with van der Waals surface area (Å²) >= 11 is 0. The van der Waals surface area contributed by atoms with Crippen molar-refractivity contribution in [1.29, 1.82) is 0 Å². The summed E-state index contributed by atoms with van der Waals surface area (Å²) in [6.45, 7) is 9.60. The molecule has 0 saturated carbocycles. The summed E-state index contributed by atoms with van der Waals surface area (Å²) in [6, 6.07) is 7.57. The molecule has 6 heteroatoms. The minimum Gasteiger partial charge on any atom is -0.489 e. The number of amides is 1. The van der Waals surface area contributed by atoms with Crippen molar-refractivity contribution in [2.75, 3.05) is 19.6 Å². The van der Waals surface area contributed by atoms with Crippen molar-refractivity contribution < 1.29 is 14.1 Å². The van der Waals surface area contributed by atoms with E-state index in [9.17, 15) is 4.79 Å². The highest BCUT2D eigenvalue weighted by molar-refractivity contribution is 5.94. The molecule has 27 heavy (non-hydrogen) atoms. The van der Waals surface area contributed by atoms with Gasteiger partial charge in [0, 0.05) is 24.7 Å². The Bertz CT molecular complexity index is 744. The highest BCUT2D eigenvalue weighted by atomic mass is 16.5. The van der Waals surface area contributed by atoms with Crippen molar-refractivity contribution in [1.82, 2.24) is 15.4 Å². The van der Waals surface area contributed by atoms with Gasteiger partial charge in [-0.25, -0.2) is 0 Å². The van der Waals surface area contributed by atoms with Crippen LogP contribution in [0.15, 0.2) is 28.8 Å². The molecule has 1 saturated heterocycles. The third-order valence-electron chi connectivity index (χ3n) is 5.12. The Hall–Kier alpha value is -2.34. The first-order chi connectivity index (χ1) is 13.1. The number of rotatable bonds is 7. The van der Waals surface area contributed by atoms with Crippen LogP contribution in [0.1, 0.15) is 53.6 Å². The number of ether oxygens (including phenoxy) is 1. The van der Waals surface area contributed by atoms with Gasteiger partial charge in [0.15, 0.2) is 0 Å². The summed E-state index contributed by atoms with van der Waals surface area (Å²) in [5, 5.41) is 7.10. The maximum atomic E-state index is 12.6. The Morgan fingerprint density at radius 2 is 2.11 bits per heavy atom. The fourth-order valence-electron chi connectivity index (χ4n) is 3.48. The molecule has 0 spiro atoms. The van der Waals surface area contributed by atoms with Crippen LogP contribution in [0.3, 0.4) is 0 Å². The molecule has 2 heterocycles. The molecule has 146 valence electrons. The molecule has 6 nitrogen and oxygen atoms in total. The van der Waals surface area contributed by atoms with Gasteiger partial charge in [-0.2, -0.15) is 0 Å². The van der Waals surface area contributed by atoms with E-state index < -0.39 is 0 Å². The minimum absolute atomic E-state index is 0.0354. The second-order valence-electron chi connectivity index (χ2n) is 7.21. The molecular weight excluding hydrogens is 342 g/mol. The summed E-state index contributed by atoms with van der Waals surface area (Å²) < 4.78 is 11.0. The number of aryl methyl sites for hydroxylation is 2. The summed E-state index contributed by atoms with van der Waals surface area (Å²) in [5.41, 5.74) is 2.40. The molecule has 1 aromatic carbocycles. The van der Waals surface area contributed by atoms with E-state index in [1.54, 1.807) is 6.07 Å². The molecule has 1 aliphatic rings. The van der Waals surface area contributed by atoms with Gasteiger partial charge < -0.3 is 19.5 Å². The van der Waals surface area contributed by atoms with Gasteiger partial charge in [-0.1, -0.05) is 18.1 Å². The molecule has 3 rings (SSSR count). The van der Waals surface area contributed by atoms with E-state index in [4.69, 9.17) is 9.26 Å². The molecule has 1 aromatic heterocycles. The van der Waals surface area contributed by atoms with Crippen molar-refractivity contribution in [2.45, 2.75) is 52.7 Å². The first-order valence-corrected chi connectivity index (χ1v) is 9.74. The molecule has 0 bridgehead atoms. The Labute approximate surface area is 160 Å². The van der Waals surface area contributed by atoms with E-state index in [0.29, 0.717) is 17.9 Å². The Morgan fingerprint density at radius 1 is 1.33 bits per heavy atom. The predicted molar refractivity (Wildman–Crippen MR) is 104 cm³/mol. The Kier molecular flexibility index (Phi) is 6.50. The van der Waals surface area contributed by atoms with Gasteiger partial charge in [0.1, 0.15) is 18.1 Å². The SMILES string of the molecule is CCCN1CCC(NC(=O)c2cccc(OCc3c(C)noc3C)c2)CC1. The molecule has 1 aliphatic heterocycles. The zero-order valence-electron chi connectivity index (χ0n) is 16.5. The lowest BCUT2D eigenvalue weighted by atomic mass is 10.0. The van der Waals surface area contributed by atoms with Crippen LogP contribution in [-0.2, 0) is 6.61 Å². The second-order valence-corrected chi connectivity index (χ2v) is 7.21. The third-order valence-corrected chi connectivity index (χ3v) is 5.12. The van der Waals surface area contributed by atoms with Gasteiger partial charge >= 0.3 is 0 Å². The molecule has 1 N–H and O–H groups in total. The average Bonchev–Trinajstić information content (AvgIpc) is 3.00. The van der Waals surface area contributed by atoms with Crippen LogP contribution in [0.4, 0.5) is 0 Å². The van der Waals surface area contributed by atoms with Crippen molar-refractivity contribution >= 4 is 5.91 Å². The van der Waals surface area contributed by atoms with E-state index in [1.165, 1.54) is 6.42 Å². The fraction of sp³-hybridized carbons (Fsp3) is 0.524. The number of nitrogens with zero attached hydrogens (tertiary/aromatic N) is 2. The number of likely N-dealkylation sites (tertiary alicyclic amines) is 1. The molecule has 0 unspecified atom stereocenters. The monoisotopic (exact) mass is 371 g/mol. The topological polar surface area (TPSA) is 67.6 Å². The zero-order chi connectivity index (χ0) is 19.2. The first-order valence-electron chi connectivity index (χ1n) is 9.74. The highest BCUT2D eigenvalue weighted by Crippen LogP contribution is 2.19. The summed E-state index contributed by atoms with van der Waals surface area (Å²) in [6.07, 6.45) is 3.19. The molecule has 1 amide bonds. The summed E-state index contributed by atoms with van der Waals surface area (Å²) in [4.78, 5) is 15.1. The van der Waals surface area contributed by atoms with E-state index in [1.807, 2.05) is 32.0 Å². The molecule has 1 fully saturated rings. The number of piperidine rings is 1. The standard InChI is InChI=1S/C21H29N3O3/c1-4-10-24-11-8-18(9-12-24)22-21(25)17-6-5-7-19(13-17)26-14-20-15(2)23-27-16(20)3/h5-7,13,18H,4,8-12,14H2,1-3H3,(H,22,25). The van der Waals surface area contributed by atoms with Gasteiger partial charge in [-0.15, -0.1) is 0 Å². The van der Waals surface area contributed by atoms with Crippen molar-refractivity contribution in [3.63, 3.8) is 0 Å². The molecular formula is C21H29N3O3. The maximum absolute atomic E-state index is 12.6. The number of nitrogens with one attached hydrogen (secondary N) is 1. The van der Waals surface area contributed by atoms with E-state index in [2.05, 4.69) is 22.3 Å². The van der Waals surface area contributed by atoms with Gasteiger partial charge in [0.25, 0.3) is 5.91 Å². The number of hydrogen-bond acceptors (Lipinski definition) is 5. The van der Waals surface area contributed by atoms with Crippen LogP contribution < -0.4 is 10.1 Å². The van der Waals surface area contributed by atoms with Gasteiger partial charge in [-0.05, 0) is 57.9 Å². The van der Waals surface area contributed by atoms with Crippen LogP contribution in [0.2, 0.25) is 0 Å². The van der Waals surface area contributed by atoms with Crippen LogP contribution in [0.25, 0.3) is 0 Å². The molecule has 0 radical (unpaired) electrons. The Balaban J connectivity index is 1.54. The third kappa shape index (κ3) is 5.10. The quantitative estimate of drug-likeness (QED) is 0.807. The molecule has 2 aromatic rings. The first kappa shape index (κ1) is 19.4. The highest BCUT2D eigenvalue weighted by Gasteiger charge is 2.20. The lowest BCUT2D eigenvalue weighted by molar-refractivity contribution is 0.0910. The van der Waals surface area contributed by atoms with E-state index in [-0.39, 0.29) is 11.9 Å². The largest absolute Gasteiger partial charge is 0.489 e. The van der Waals surface area contributed by atoms with Crippen molar-refractivity contribution in [3.8, 4) is 5.75 Å². The normalized spacial score (nSPS) is 15.7. The Morgan fingerprint density at radius 3 is 2.78 bits per heavy atom. The maximum Gasteiger partial charge on any atom is 0.251 e. The van der Waals surface area contributed by atoms with Gasteiger partial charge in [-0.3, -0.25) is 4.79 Å². The number of hydrogen-bond donors (Lipinski definition) is 1. The van der Waals surface area contributed by atoms with E-state index in [0.717, 1.165) is 49.5 Å². The van der Waals surface area contributed by atoms with Crippen molar-refractivity contribution in [2.24, 2.45) is 0 Å². The number of carbonyl (C=O) groups excluding carboxylic acids is 1. The van der Waals surface area contributed by atoms with E-state index >= 15 is 0 Å². The lowest BCUT2D eigenvalue weighted by Crippen LogP contribution is -2.44. The average molecular weight is 371 g/mol. The summed E-state index contributed by atoms with van der Waals surface area (Å²) in [7, 11) is 0. The smallest absolute Gasteiger partial charge is 0.251 e. The number of benzene rings is 1. The molecule has 0 aliphatic carbocycles. The number of aromatic nitrogens is 1. The van der Waals surface area contributed by atoms with Crippen LogP contribution in [-0.4, -0.2) is 41.6 Å². The lowest BCUT2D eigenvalue weighted by Gasteiger charge is -2.32. The van der Waals surface area contributed by atoms with Gasteiger partial charge in [0.2, 0.25) is 0 Å². The predicted octanol–water partition coefficient (Wildman–Crippen LogP) is 3.47. The summed E-state index contributed by atoms with van der Waals surface area (Å²) in [5.74, 6) is 1.39. The van der Waals surface area contributed by atoms with Crippen LogP contribution in [0.5, 0.6) is 5.75 Å². The second kappa shape index (κ2) is 9.04. The fourth-order valence-corrected chi connectivity index (χ4v) is 3.48. The van der Waals surface area contributed by atoms with Gasteiger partial charge in [0.05, 0.1) is 11.3 Å².